The molecule has 1 rings (SSSR count). The van der Waals surface area contributed by atoms with Crippen molar-refractivity contribution < 1.29 is 39.4 Å². The van der Waals surface area contributed by atoms with Crippen molar-refractivity contribution >= 4 is 0 Å². The van der Waals surface area contributed by atoms with Crippen molar-refractivity contribution in [3.63, 3.8) is 0 Å². The number of methoxy groups -OCH3 is 3. The number of aliphatic hydroxyl groups excluding tert-OH is 1. The minimum absolute atomic E-state index is 1.00. The molecule has 0 saturated carbocycles. The summed E-state index contributed by atoms with van der Waals surface area (Å²) in [7, 11) is 3.10. The van der Waals surface area contributed by atoms with Crippen LogP contribution < -0.4 is 0 Å². The summed E-state index contributed by atoms with van der Waals surface area (Å²) in [6.45, 7) is 1.33. The second kappa shape index (κ2) is 4.41. The van der Waals surface area contributed by atoms with E-state index >= 15 is 0 Å². The molecule has 0 unspecified atom stereocenters. The van der Waals surface area contributed by atoms with Crippen molar-refractivity contribution in [2.75, 3.05) is 21.3 Å². The van der Waals surface area contributed by atoms with E-state index in [-0.39, 0.29) is 0 Å². The van der Waals surface area contributed by atoms with Crippen LogP contribution in [0, 0.1) is 0 Å². The molecule has 0 aromatic heterocycles. The number of hydrogen-bond acceptors (Lipinski definition) is 8. The molecule has 5 atom stereocenters. The first-order chi connectivity index (χ1) is 7.73. The first-order valence-corrected chi connectivity index (χ1v) is 4.89. The van der Waals surface area contributed by atoms with Crippen molar-refractivity contribution in [3.05, 3.63) is 0 Å². The van der Waals surface area contributed by atoms with Gasteiger partial charge < -0.3 is 39.4 Å². The highest BCUT2D eigenvalue weighted by atomic mass is 16.8. The first kappa shape index (κ1) is 14.7. The normalized spacial score (nSPS) is 51.5. The van der Waals surface area contributed by atoms with Gasteiger partial charge in [0.25, 0.3) is 17.4 Å². The summed E-state index contributed by atoms with van der Waals surface area (Å²) >= 11 is 0. The van der Waals surface area contributed by atoms with Gasteiger partial charge in [0.15, 0.2) is 0 Å². The lowest BCUT2D eigenvalue weighted by molar-refractivity contribution is -0.542. The zero-order valence-electron chi connectivity index (χ0n) is 10.1. The molecule has 0 spiro atoms. The summed E-state index contributed by atoms with van der Waals surface area (Å²) in [6.07, 6.45) is -3.11. The van der Waals surface area contributed by atoms with Crippen LogP contribution in [0.1, 0.15) is 6.92 Å². The van der Waals surface area contributed by atoms with Crippen LogP contribution in [0.25, 0.3) is 0 Å². The summed E-state index contributed by atoms with van der Waals surface area (Å²) in [5.74, 6) is -7.87. The highest BCUT2D eigenvalue weighted by Crippen LogP contribution is 2.45. The maximum absolute atomic E-state index is 10.2. The van der Waals surface area contributed by atoms with Crippen LogP contribution in [-0.4, -0.2) is 71.5 Å². The Kier molecular flexibility index (Phi) is 3.82. The molecule has 1 saturated heterocycles. The average molecular weight is 254 g/mol. The van der Waals surface area contributed by atoms with Crippen LogP contribution in [0.15, 0.2) is 0 Å². The minimum Gasteiger partial charge on any atom is -0.364 e. The summed E-state index contributed by atoms with van der Waals surface area (Å²) in [6, 6.07) is 0. The fourth-order valence-electron chi connectivity index (χ4n) is 1.91. The topological polar surface area (TPSA) is 118 Å². The fraction of sp³-hybridized carbons (Fsp3) is 1.00. The van der Waals surface area contributed by atoms with Crippen molar-refractivity contribution in [2.45, 2.75) is 36.7 Å². The summed E-state index contributed by atoms with van der Waals surface area (Å²) < 4.78 is 18.9. The fourth-order valence-corrected chi connectivity index (χ4v) is 1.91. The molecule has 1 aliphatic rings. The number of ether oxygens (including phenoxy) is 4. The Labute approximate surface area is 98.3 Å². The van der Waals surface area contributed by atoms with E-state index in [1.807, 2.05) is 0 Å². The van der Waals surface area contributed by atoms with Crippen molar-refractivity contribution in [2.24, 2.45) is 0 Å². The van der Waals surface area contributed by atoms with Gasteiger partial charge in [0.2, 0.25) is 6.29 Å². The Balaban J connectivity index is 3.35. The third kappa shape index (κ3) is 1.61. The molecule has 17 heavy (non-hydrogen) atoms. The highest BCUT2D eigenvalue weighted by Gasteiger charge is 2.74. The van der Waals surface area contributed by atoms with E-state index in [2.05, 4.69) is 4.74 Å². The van der Waals surface area contributed by atoms with E-state index in [4.69, 9.17) is 14.2 Å². The molecule has 8 heteroatoms. The van der Waals surface area contributed by atoms with Crippen LogP contribution in [0.4, 0.5) is 0 Å². The Bertz CT molecular complexity index is 262. The van der Waals surface area contributed by atoms with Gasteiger partial charge in [-0.2, -0.15) is 0 Å². The molecular weight excluding hydrogens is 236 g/mol. The lowest BCUT2D eigenvalue weighted by Crippen LogP contribution is -2.81. The molecule has 0 aromatic rings. The van der Waals surface area contributed by atoms with Crippen LogP contribution in [0.2, 0.25) is 0 Å². The van der Waals surface area contributed by atoms with Gasteiger partial charge in [-0.3, -0.25) is 0 Å². The van der Waals surface area contributed by atoms with Gasteiger partial charge in [0.05, 0.1) is 0 Å². The molecule has 0 radical (unpaired) electrons. The summed E-state index contributed by atoms with van der Waals surface area (Å²) in [5.41, 5.74) is 0. The molecule has 0 bridgehead atoms. The minimum atomic E-state index is -2.74. The zero-order chi connectivity index (χ0) is 13.5. The van der Waals surface area contributed by atoms with E-state index in [9.17, 15) is 20.4 Å². The van der Waals surface area contributed by atoms with Gasteiger partial charge in [-0.15, -0.1) is 0 Å². The molecule has 8 nitrogen and oxygen atoms in total. The Morgan fingerprint density at radius 2 is 1.41 bits per heavy atom. The Hall–Kier alpha value is -0.320. The molecule has 0 aromatic carbocycles. The number of aliphatic hydroxyl groups is 4. The van der Waals surface area contributed by atoms with Crippen LogP contribution in [-0.2, 0) is 18.9 Å². The maximum Gasteiger partial charge on any atom is 0.284 e. The highest BCUT2D eigenvalue weighted by molar-refractivity contribution is 5.05. The van der Waals surface area contributed by atoms with E-state index in [1.165, 1.54) is 6.92 Å². The van der Waals surface area contributed by atoms with Gasteiger partial charge >= 0.3 is 0 Å². The number of hydrogen-bond donors (Lipinski definition) is 4. The molecule has 4 N–H and O–H groups in total. The number of rotatable bonds is 3. The van der Waals surface area contributed by atoms with Crippen molar-refractivity contribution in [1.29, 1.82) is 0 Å². The van der Waals surface area contributed by atoms with Gasteiger partial charge in [0.1, 0.15) is 6.10 Å². The average Bonchev–Trinajstić information content (AvgIpc) is 2.33. The lowest BCUT2D eigenvalue weighted by Gasteiger charge is -2.55. The van der Waals surface area contributed by atoms with E-state index in [1.54, 1.807) is 0 Å². The van der Waals surface area contributed by atoms with E-state index in [0.29, 0.717) is 0 Å². The van der Waals surface area contributed by atoms with Gasteiger partial charge in [0, 0.05) is 21.3 Å². The molecule has 1 fully saturated rings. The van der Waals surface area contributed by atoms with Gasteiger partial charge in [-0.25, -0.2) is 0 Å². The van der Waals surface area contributed by atoms with Crippen molar-refractivity contribution in [3.8, 4) is 0 Å². The summed E-state index contributed by atoms with van der Waals surface area (Å²) in [4.78, 5) is 0. The van der Waals surface area contributed by atoms with Crippen LogP contribution >= 0.6 is 0 Å². The van der Waals surface area contributed by atoms with Gasteiger partial charge in [-0.1, -0.05) is 0 Å². The molecule has 0 aliphatic carbocycles. The maximum atomic E-state index is 10.2. The molecule has 1 heterocycles. The van der Waals surface area contributed by atoms with Crippen LogP contribution in [0.5, 0.6) is 0 Å². The summed E-state index contributed by atoms with van der Waals surface area (Å²) in [5, 5.41) is 40.1. The molecule has 0 amide bonds. The monoisotopic (exact) mass is 254 g/mol. The van der Waals surface area contributed by atoms with E-state index < -0.39 is 29.8 Å². The predicted octanol–water partition coefficient (Wildman–Crippen LogP) is -2.27. The lowest BCUT2D eigenvalue weighted by atomic mass is 9.88. The first-order valence-electron chi connectivity index (χ1n) is 4.89. The quantitative estimate of drug-likeness (QED) is 0.416. The third-order valence-corrected chi connectivity index (χ3v) is 3.11. The second-order valence-corrected chi connectivity index (χ2v) is 3.78. The predicted molar refractivity (Wildman–Crippen MR) is 52.4 cm³/mol. The standard InChI is InChI=1S/C9H18O8/c1-5-7(11,14-2)9(13,16-4)8(12,15-3)6(10)17-5/h5-6,10-13H,1-4H3/t5-,6+,7+,8+,9-/m0/s1. The molecular formula is C9H18O8. The second-order valence-electron chi connectivity index (χ2n) is 3.78. The Morgan fingerprint density at radius 3 is 1.76 bits per heavy atom. The smallest absolute Gasteiger partial charge is 0.284 e. The SMILES string of the molecule is CO[C@@]1(O)[C@](O)(OC)[C@H](C)O[C@@H](O)[C@@]1(O)OC. The third-order valence-electron chi connectivity index (χ3n) is 3.11. The molecule has 102 valence electrons. The van der Waals surface area contributed by atoms with E-state index in [0.717, 1.165) is 21.3 Å². The Morgan fingerprint density at radius 1 is 0.941 bits per heavy atom. The van der Waals surface area contributed by atoms with Crippen LogP contribution in [0.3, 0.4) is 0 Å². The van der Waals surface area contributed by atoms with Gasteiger partial charge in [-0.05, 0) is 6.92 Å². The largest absolute Gasteiger partial charge is 0.364 e. The zero-order valence-corrected chi connectivity index (χ0v) is 10.1. The molecule has 1 aliphatic heterocycles. The van der Waals surface area contributed by atoms with Crippen molar-refractivity contribution in [1.82, 2.24) is 0 Å².